The zero-order valence-electron chi connectivity index (χ0n) is 17.4. The van der Waals surface area contributed by atoms with Crippen LogP contribution in [0.25, 0.3) is 0 Å². The average molecular weight is 487 g/mol. The number of carboxylic acids is 1. The molecule has 1 amide bonds. The topological polar surface area (TPSA) is 79.7 Å². The van der Waals surface area contributed by atoms with Gasteiger partial charge in [-0.15, -0.1) is 11.3 Å². The number of carbonyl (C=O) groups excluding carboxylic acids is 1. The SMILES string of the molecule is O=C(O)COc1ccc(Cl)cc1[C@@H]1c2scnc2CCN1C(=O)[C@H]1C[C@@H]1c1ccc(F)cc1. The van der Waals surface area contributed by atoms with Gasteiger partial charge in [-0.25, -0.2) is 14.2 Å². The number of hydrogen-bond acceptors (Lipinski definition) is 5. The molecule has 6 nitrogen and oxygen atoms in total. The van der Waals surface area contributed by atoms with Crippen molar-refractivity contribution in [3.8, 4) is 5.75 Å². The molecule has 0 spiro atoms. The number of benzene rings is 2. The standard InChI is InChI=1S/C24H20ClFN2O4S/c25-14-3-6-20(32-11-21(29)30)18(9-14)22-23-19(27-12-33-23)7-8-28(22)24(31)17-10-16(17)13-1-4-15(26)5-2-13/h1-6,9,12,16-17,22H,7-8,10-11H2,(H,29,30)/t16-,17+,22-/m1/s1. The molecule has 3 atom stereocenters. The summed E-state index contributed by atoms with van der Waals surface area (Å²) in [6.07, 6.45) is 1.35. The van der Waals surface area contributed by atoms with E-state index < -0.39 is 18.6 Å². The van der Waals surface area contributed by atoms with Crippen LogP contribution in [0.4, 0.5) is 4.39 Å². The summed E-state index contributed by atoms with van der Waals surface area (Å²) in [5.41, 5.74) is 4.27. The van der Waals surface area contributed by atoms with Crippen molar-refractivity contribution < 1.29 is 23.8 Å². The summed E-state index contributed by atoms with van der Waals surface area (Å²) in [5.74, 6) is -1.13. The third-order valence-electron chi connectivity index (χ3n) is 6.13. The van der Waals surface area contributed by atoms with Gasteiger partial charge in [-0.1, -0.05) is 23.7 Å². The third-order valence-corrected chi connectivity index (χ3v) is 7.29. The Labute approximate surface area is 198 Å². The lowest BCUT2D eigenvalue weighted by molar-refractivity contribution is -0.139. The van der Waals surface area contributed by atoms with E-state index in [1.165, 1.54) is 23.5 Å². The van der Waals surface area contributed by atoms with Gasteiger partial charge < -0.3 is 14.7 Å². The second-order valence-corrected chi connectivity index (χ2v) is 9.54. The van der Waals surface area contributed by atoms with E-state index in [1.54, 1.807) is 35.8 Å². The summed E-state index contributed by atoms with van der Waals surface area (Å²) in [6.45, 7) is -0.0160. The van der Waals surface area contributed by atoms with Crippen LogP contribution in [-0.4, -0.2) is 40.0 Å². The minimum atomic E-state index is -1.09. The Balaban J connectivity index is 1.48. The van der Waals surface area contributed by atoms with E-state index in [0.717, 1.165) is 16.1 Å². The highest BCUT2D eigenvalue weighted by molar-refractivity contribution is 7.09. The fourth-order valence-electron chi connectivity index (χ4n) is 4.50. The smallest absolute Gasteiger partial charge is 0.341 e. The zero-order chi connectivity index (χ0) is 23.1. The molecule has 0 saturated heterocycles. The normalized spacial score (nSPS) is 21.4. The summed E-state index contributed by atoms with van der Waals surface area (Å²) in [6, 6.07) is 10.8. The van der Waals surface area contributed by atoms with E-state index in [2.05, 4.69) is 4.98 Å². The van der Waals surface area contributed by atoms with Crippen molar-refractivity contribution in [1.82, 2.24) is 9.88 Å². The number of aliphatic carboxylic acids is 1. The fraction of sp³-hybridized carbons (Fsp3) is 0.292. The van der Waals surface area contributed by atoms with Crippen LogP contribution in [0.1, 0.15) is 40.1 Å². The van der Waals surface area contributed by atoms with Crippen LogP contribution in [0, 0.1) is 11.7 Å². The molecule has 1 aromatic heterocycles. The van der Waals surface area contributed by atoms with Gasteiger partial charge in [-0.3, -0.25) is 4.79 Å². The molecule has 9 heteroatoms. The first-order valence-corrected chi connectivity index (χ1v) is 11.8. The van der Waals surface area contributed by atoms with Crippen LogP contribution >= 0.6 is 22.9 Å². The predicted octanol–water partition coefficient (Wildman–Crippen LogP) is 4.68. The molecule has 1 saturated carbocycles. The van der Waals surface area contributed by atoms with E-state index in [1.807, 2.05) is 4.90 Å². The molecule has 1 aliphatic carbocycles. The molecule has 170 valence electrons. The minimum Gasteiger partial charge on any atom is -0.482 e. The van der Waals surface area contributed by atoms with Crippen LogP contribution in [0.3, 0.4) is 0 Å². The van der Waals surface area contributed by atoms with E-state index in [4.69, 9.17) is 21.4 Å². The number of aromatic nitrogens is 1. The van der Waals surface area contributed by atoms with E-state index in [9.17, 15) is 14.0 Å². The number of rotatable bonds is 6. The maximum Gasteiger partial charge on any atom is 0.341 e. The summed E-state index contributed by atoms with van der Waals surface area (Å²) >= 11 is 7.76. The molecule has 5 rings (SSSR count). The largest absolute Gasteiger partial charge is 0.482 e. The first-order chi connectivity index (χ1) is 15.9. The molecule has 2 aliphatic rings. The quantitative estimate of drug-likeness (QED) is 0.547. The van der Waals surface area contributed by atoms with Crippen molar-refractivity contribution in [2.24, 2.45) is 5.92 Å². The molecule has 1 N–H and O–H groups in total. The molecule has 0 radical (unpaired) electrons. The highest BCUT2D eigenvalue weighted by atomic mass is 35.5. The van der Waals surface area contributed by atoms with Gasteiger partial charge in [0.2, 0.25) is 5.91 Å². The highest BCUT2D eigenvalue weighted by Gasteiger charge is 2.48. The van der Waals surface area contributed by atoms with Crippen molar-refractivity contribution in [3.63, 3.8) is 0 Å². The number of halogens is 2. The van der Waals surface area contributed by atoms with Crippen LogP contribution in [0.15, 0.2) is 48.0 Å². The average Bonchev–Trinajstić information content (AvgIpc) is 3.45. The zero-order valence-corrected chi connectivity index (χ0v) is 19.0. The second-order valence-electron chi connectivity index (χ2n) is 8.21. The number of thiazole rings is 1. The molecule has 1 aliphatic heterocycles. The van der Waals surface area contributed by atoms with Gasteiger partial charge in [0.25, 0.3) is 0 Å². The number of amides is 1. The van der Waals surface area contributed by atoms with Crippen LogP contribution in [-0.2, 0) is 16.0 Å². The van der Waals surface area contributed by atoms with Crippen LogP contribution in [0.2, 0.25) is 5.02 Å². The number of ether oxygens (including phenoxy) is 1. The number of carboxylic acid groups (broad SMARTS) is 1. The Kier molecular flexibility index (Phi) is 5.80. The van der Waals surface area contributed by atoms with Crippen molar-refractivity contribution in [3.05, 3.63) is 80.5 Å². The molecule has 2 heterocycles. The second kappa shape index (κ2) is 8.76. The van der Waals surface area contributed by atoms with Gasteiger partial charge in [0, 0.05) is 29.5 Å². The molecule has 2 aromatic carbocycles. The number of nitrogens with zero attached hydrogens (tertiary/aromatic N) is 2. The number of fused-ring (bicyclic) bond motifs is 1. The number of carbonyl (C=O) groups is 2. The lowest BCUT2D eigenvalue weighted by Crippen LogP contribution is -2.41. The Morgan fingerprint density at radius 2 is 2.03 bits per heavy atom. The Bertz CT molecular complexity index is 1220. The fourth-order valence-corrected chi connectivity index (χ4v) is 5.64. The van der Waals surface area contributed by atoms with E-state index in [-0.39, 0.29) is 23.6 Å². The molecular formula is C24H20ClFN2O4S. The highest BCUT2D eigenvalue weighted by Crippen LogP contribution is 2.51. The Morgan fingerprint density at radius 1 is 1.24 bits per heavy atom. The van der Waals surface area contributed by atoms with Gasteiger partial charge in [0.1, 0.15) is 11.6 Å². The lowest BCUT2D eigenvalue weighted by Gasteiger charge is -2.36. The summed E-state index contributed by atoms with van der Waals surface area (Å²) in [4.78, 5) is 32.0. The summed E-state index contributed by atoms with van der Waals surface area (Å²) in [5, 5.41) is 9.55. The van der Waals surface area contributed by atoms with Crippen LogP contribution < -0.4 is 4.74 Å². The Morgan fingerprint density at radius 3 is 2.79 bits per heavy atom. The molecular weight excluding hydrogens is 467 g/mol. The molecule has 33 heavy (non-hydrogen) atoms. The maximum absolute atomic E-state index is 13.7. The van der Waals surface area contributed by atoms with Crippen molar-refractivity contribution in [2.45, 2.75) is 24.8 Å². The minimum absolute atomic E-state index is 0.0116. The monoisotopic (exact) mass is 486 g/mol. The van der Waals surface area contributed by atoms with Gasteiger partial charge in [-0.2, -0.15) is 0 Å². The van der Waals surface area contributed by atoms with Crippen molar-refractivity contribution >= 4 is 34.8 Å². The molecule has 1 fully saturated rings. The molecule has 0 unspecified atom stereocenters. The lowest BCUT2D eigenvalue weighted by atomic mass is 9.95. The van der Waals surface area contributed by atoms with E-state index >= 15 is 0 Å². The predicted molar refractivity (Wildman–Crippen MR) is 121 cm³/mol. The molecule has 3 aromatic rings. The van der Waals surface area contributed by atoms with Crippen molar-refractivity contribution in [1.29, 1.82) is 0 Å². The molecule has 0 bridgehead atoms. The summed E-state index contributed by atoms with van der Waals surface area (Å²) in [7, 11) is 0. The van der Waals surface area contributed by atoms with E-state index in [0.29, 0.717) is 35.7 Å². The first kappa shape index (κ1) is 21.9. The van der Waals surface area contributed by atoms with Gasteiger partial charge in [0.05, 0.1) is 22.1 Å². The number of hydrogen-bond donors (Lipinski definition) is 1. The van der Waals surface area contributed by atoms with Gasteiger partial charge >= 0.3 is 5.97 Å². The maximum atomic E-state index is 13.7. The van der Waals surface area contributed by atoms with Crippen LogP contribution in [0.5, 0.6) is 5.75 Å². The third kappa shape index (κ3) is 4.32. The van der Waals surface area contributed by atoms with Gasteiger partial charge in [-0.05, 0) is 48.2 Å². The van der Waals surface area contributed by atoms with Gasteiger partial charge in [0.15, 0.2) is 6.61 Å². The first-order valence-electron chi connectivity index (χ1n) is 10.5. The summed E-state index contributed by atoms with van der Waals surface area (Å²) < 4.78 is 18.9. The Hall–Kier alpha value is -2.97. The van der Waals surface area contributed by atoms with Crippen molar-refractivity contribution in [2.75, 3.05) is 13.2 Å².